The summed E-state index contributed by atoms with van der Waals surface area (Å²) >= 11 is 0. The molecule has 1 atom stereocenters. The molecule has 0 unspecified atom stereocenters. The smallest absolute Gasteiger partial charge is 0.225 e. The van der Waals surface area contributed by atoms with Gasteiger partial charge >= 0.3 is 0 Å². The Morgan fingerprint density at radius 2 is 2.04 bits per heavy atom. The molecule has 0 saturated carbocycles. The topological polar surface area (TPSA) is 42.0 Å². The molecule has 2 heterocycles. The molecule has 0 spiro atoms. The first-order valence-electron chi connectivity index (χ1n) is 8.90. The fourth-order valence-electron chi connectivity index (χ4n) is 3.28. The highest BCUT2D eigenvalue weighted by Crippen LogP contribution is 2.27. The third-order valence-corrected chi connectivity index (χ3v) is 4.76. The van der Waals surface area contributed by atoms with Gasteiger partial charge in [-0.3, -0.25) is 9.69 Å². The van der Waals surface area contributed by atoms with Gasteiger partial charge < -0.3 is 14.4 Å². The molecule has 0 radical (unpaired) electrons. The summed E-state index contributed by atoms with van der Waals surface area (Å²) in [6, 6.07) is 6.48. The van der Waals surface area contributed by atoms with E-state index in [9.17, 15) is 4.79 Å². The summed E-state index contributed by atoms with van der Waals surface area (Å²) in [4.78, 5) is 16.9. The Morgan fingerprint density at radius 1 is 1.29 bits per heavy atom. The van der Waals surface area contributed by atoms with E-state index in [2.05, 4.69) is 30.0 Å². The number of rotatable bonds is 3. The van der Waals surface area contributed by atoms with Crippen LogP contribution in [0.4, 0.5) is 0 Å². The van der Waals surface area contributed by atoms with E-state index < -0.39 is 0 Å². The maximum Gasteiger partial charge on any atom is 0.225 e. The minimum atomic E-state index is 0.00512. The highest BCUT2D eigenvalue weighted by molar-refractivity contribution is 5.78. The molecule has 5 heteroatoms. The maximum atomic E-state index is 12.5. The van der Waals surface area contributed by atoms with Crippen LogP contribution in [0.1, 0.15) is 31.9 Å². The van der Waals surface area contributed by atoms with Gasteiger partial charge in [0.25, 0.3) is 0 Å². The van der Waals surface area contributed by atoms with Crippen LogP contribution in [0.15, 0.2) is 18.2 Å². The van der Waals surface area contributed by atoms with Crippen LogP contribution in [0.3, 0.4) is 0 Å². The fourth-order valence-corrected chi connectivity index (χ4v) is 3.28. The van der Waals surface area contributed by atoms with Crippen LogP contribution in [0.5, 0.6) is 5.75 Å². The standard InChI is InChI=1S/C19H28N2O3/c1-14(2)19(22)21-12-17-10-16(11-20-6-8-23-9-7-20)4-5-18(17)24-13-15(21)3/h4-5,10,14-15H,6-9,11-13H2,1-3H3/t15-/m0/s1. The molecule has 132 valence electrons. The molecule has 1 amide bonds. The molecule has 1 aromatic carbocycles. The van der Waals surface area contributed by atoms with Crippen molar-refractivity contribution < 1.29 is 14.3 Å². The first-order valence-corrected chi connectivity index (χ1v) is 8.90. The Kier molecular flexibility index (Phi) is 5.41. The van der Waals surface area contributed by atoms with Gasteiger partial charge in [0.2, 0.25) is 5.91 Å². The molecule has 24 heavy (non-hydrogen) atoms. The first-order chi connectivity index (χ1) is 11.5. The predicted molar refractivity (Wildman–Crippen MR) is 92.9 cm³/mol. The SMILES string of the molecule is CC(C)C(=O)N1Cc2cc(CN3CCOCC3)ccc2OC[C@@H]1C. The molecule has 5 nitrogen and oxygen atoms in total. The van der Waals surface area contributed by atoms with Gasteiger partial charge in [-0.1, -0.05) is 19.9 Å². The van der Waals surface area contributed by atoms with Crippen molar-refractivity contribution >= 4 is 5.91 Å². The van der Waals surface area contributed by atoms with Gasteiger partial charge in [0.1, 0.15) is 12.4 Å². The largest absolute Gasteiger partial charge is 0.491 e. The minimum absolute atomic E-state index is 0.00512. The van der Waals surface area contributed by atoms with E-state index in [0.717, 1.165) is 44.2 Å². The maximum absolute atomic E-state index is 12.5. The number of nitrogens with zero attached hydrogens (tertiary/aromatic N) is 2. The predicted octanol–water partition coefficient (Wildman–Crippen LogP) is 2.28. The average Bonchev–Trinajstić information content (AvgIpc) is 2.74. The van der Waals surface area contributed by atoms with E-state index in [1.807, 2.05) is 18.7 Å². The van der Waals surface area contributed by atoms with Crippen molar-refractivity contribution in [3.05, 3.63) is 29.3 Å². The molecular formula is C19H28N2O3. The molecule has 2 aliphatic heterocycles. The van der Waals surface area contributed by atoms with E-state index in [-0.39, 0.29) is 17.9 Å². The van der Waals surface area contributed by atoms with Crippen molar-refractivity contribution in [1.82, 2.24) is 9.80 Å². The number of carbonyl (C=O) groups is 1. The molecule has 3 rings (SSSR count). The van der Waals surface area contributed by atoms with Crippen molar-refractivity contribution in [2.45, 2.75) is 39.9 Å². The average molecular weight is 332 g/mol. The van der Waals surface area contributed by atoms with Crippen LogP contribution in [0.2, 0.25) is 0 Å². The summed E-state index contributed by atoms with van der Waals surface area (Å²) in [5.74, 6) is 1.11. The van der Waals surface area contributed by atoms with E-state index in [1.165, 1.54) is 5.56 Å². The number of morpholine rings is 1. The van der Waals surface area contributed by atoms with Gasteiger partial charge in [0, 0.05) is 37.7 Å². The lowest BCUT2D eigenvalue weighted by Gasteiger charge is -2.28. The van der Waals surface area contributed by atoms with Crippen LogP contribution < -0.4 is 4.74 Å². The van der Waals surface area contributed by atoms with Crippen LogP contribution in [0, 0.1) is 5.92 Å². The number of fused-ring (bicyclic) bond motifs is 1. The second-order valence-electron chi connectivity index (χ2n) is 7.11. The molecule has 0 aromatic heterocycles. The van der Waals surface area contributed by atoms with Crippen LogP contribution in [-0.4, -0.2) is 54.7 Å². The molecule has 1 aromatic rings. The summed E-state index contributed by atoms with van der Waals surface area (Å²) in [6.45, 7) is 11.6. The zero-order valence-electron chi connectivity index (χ0n) is 15.0. The summed E-state index contributed by atoms with van der Waals surface area (Å²) in [5, 5.41) is 0. The lowest BCUT2D eigenvalue weighted by atomic mass is 10.1. The van der Waals surface area contributed by atoms with Gasteiger partial charge in [0.15, 0.2) is 0 Å². The summed E-state index contributed by atoms with van der Waals surface area (Å²) < 4.78 is 11.4. The highest BCUT2D eigenvalue weighted by Gasteiger charge is 2.27. The molecule has 1 saturated heterocycles. The van der Waals surface area contributed by atoms with E-state index in [4.69, 9.17) is 9.47 Å². The number of ether oxygens (including phenoxy) is 2. The second kappa shape index (κ2) is 7.53. The monoisotopic (exact) mass is 332 g/mol. The van der Waals surface area contributed by atoms with E-state index in [0.29, 0.717) is 13.2 Å². The number of hydrogen-bond acceptors (Lipinski definition) is 4. The number of benzene rings is 1. The summed E-state index contributed by atoms with van der Waals surface area (Å²) in [6.07, 6.45) is 0. The summed E-state index contributed by atoms with van der Waals surface area (Å²) in [7, 11) is 0. The third kappa shape index (κ3) is 3.90. The van der Waals surface area contributed by atoms with E-state index in [1.54, 1.807) is 0 Å². The highest BCUT2D eigenvalue weighted by atomic mass is 16.5. The third-order valence-electron chi connectivity index (χ3n) is 4.76. The summed E-state index contributed by atoms with van der Waals surface area (Å²) in [5.41, 5.74) is 2.38. The molecule has 0 N–H and O–H groups in total. The number of carbonyl (C=O) groups excluding carboxylic acids is 1. The zero-order chi connectivity index (χ0) is 17.1. The zero-order valence-corrected chi connectivity index (χ0v) is 15.0. The van der Waals surface area contributed by atoms with E-state index >= 15 is 0 Å². The van der Waals surface area contributed by atoms with Crippen molar-refractivity contribution in [3.63, 3.8) is 0 Å². The Balaban J connectivity index is 1.77. The molecule has 1 fully saturated rings. The van der Waals surface area contributed by atoms with Crippen molar-refractivity contribution in [2.75, 3.05) is 32.9 Å². The van der Waals surface area contributed by atoms with Crippen LogP contribution in [-0.2, 0) is 22.6 Å². The molecule has 2 aliphatic rings. The Bertz CT molecular complexity index is 582. The lowest BCUT2D eigenvalue weighted by molar-refractivity contribution is -0.137. The first kappa shape index (κ1) is 17.2. The second-order valence-corrected chi connectivity index (χ2v) is 7.11. The fraction of sp³-hybridized carbons (Fsp3) is 0.632. The van der Waals surface area contributed by atoms with Gasteiger partial charge in [-0.15, -0.1) is 0 Å². The van der Waals surface area contributed by atoms with Crippen molar-refractivity contribution in [1.29, 1.82) is 0 Å². The minimum Gasteiger partial charge on any atom is -0.491 e. The Labute approximate surface area is 144 Å². The molecule has 0 aliphatic carbocycles. The lowest BCUT2D eigenvalue weighted by Crippen LogP contribution is -2.42. The normalized spacial score (nSPS) is 22.0. The molecular weight excluding hydrogens is 304 g/mol. The molecule has 0 bridgehead atoms. The number of amides is 1. The Morgan fingerprint density at radius 3 is 2.75 bits per heavy atom. The van der Waals surface area contributed by atoms with Crippen LogP contribution in [0.25, 0.3) is 0 Å². The van der Waals surface area contributed by atoms with Crippen LogP contribution >= 0.6 is 0 Å². The van der Waals surface area contributed by atoms with Crippen molar-refractivity contribution in [2.24, 2.45) is 5.92 Å². The van der Waals surface area contributed by atoms with Gasteiger partial charge in [-0.2, -0.15) is 0 Å². The van der Waals surface area contributed by atoms with Gasteiger partial charge in [-0.05, 0) is 24.6 Å². The number of hydrogen-bond donors (Lipinski definition) is 0. The van der Waals surface area contributed by atoms with Crippen molar-refractivity contribution in [3.8, 4) is 5.75 Å². The Hall–Kier alpha value is -1.59. The quantitative estimate of drug-likeness (QED) is 0.852. The van der Waals surface area contributed by atoms with Gasteiger partial charge in [-0.25, -0.2) is 0 Å². The van der Waals surface area contributed by atoms with Gasteiger partial charge in [0.05, 0.1) is 19.3 Å².